The Morgan fingerprint density at radius 2 is 2.05 bits per heavy atom. The number of carbonyl (C=O) groups is 1. The lowest BCUT2D eigenvalue weighted by molar-refractivity contribution is -0.126. The standard InChI is InChI=1S/C17H26N2OS.ClH/c1-3-21-16-9-7-13(8-10-16)12(2)19-17(20)14-5-4-6-15(18)11-14;/h7-10,12,14-15H,3-6,11,18H2,1-2H3,(H,19,20);1H. The van der Waals surface area contributed by atoms with Crippen molar-refractivity contribution in [2.45, 2.75) is 56.5 Å². The molecule has 3 nitrogen and oxygen atoms in total. The molecule has 3 unspecified atom stereocenters. The Bertz CT molecular complexity index is 466. The zero-order valence-corrected chi connectivity index (χ0v) is 15.0. The molecule has 0 bridgehead atoms. The lowest BCUT2D eigenvalue weighted by Gasteiger charge is -2.27. The fourth-order valence-electron chi connectivity index (χ4n) is 2.90. The highest BCUT2D eigenvalue weighted by atomic mass is 35.5. The third-order valence-electron chi connectivity index (χ3n) is 4.14. The van der Waals surface area contributed by atoms with Crippen LogP contribution < -0.4 is 11.1 Å². The van der Waals surface area contributed by atoms with E-state index in [2.05, 4.69) is 36.5 Å². The summed E-state index contributed by atoms with van der Waals surface area (Å²) >= 11 is 1.83. The van der Waals surface area contributed by atoms with E-state index in [1.807, 2.05) is 18.7 Å². The van der Waals surface area contributed by atoms with Crippen LogP contribution in [-0.2, 0) is 4.79 Å². The molecule has 1 fully saturated rings. The number of hydrogen-bond acceptors (Lipinski definition) is 3. The lowest BCUT2D eigenvalue weighted by atomic mass is 9.85. The van der Waals surface area contributed by atoms with Gasteiger partial charge in [0.2, 0.25) is 5.91 Å². The second-order valence-corrected chi connectivity index (χ2v) is 7.19. The number of halogens is 1. The summed E-state index contributed by atoms with van der Waals surface area (Å²) in [6.45, 7) is 4.19. The van der Waals surface area contributed by atoms with Crippen LogP contribution in [0.2, 0.25) is 0 Å². The van der Waals surface area contributed by atoms with Crippen molar-refractivity contribution in [2.24, 2.45) is 11.7 Å². The topological polar surface area (TPSA) is 55.1 Å². The molecule has 5 heteroatoms. The highest BCUT2D eigenvalue weighted by molar-refractivity contribution is 7.99. The van der Waals surface area contributed by atoms with Gasteiger partial charge in [-0.3, -0.25) is 4.79 Å². The summed E-state index contributed by atoms with van der Waals surface area (Å²) in [6, 6.07) is 8.71. The third kappa shape index (κ3) is 5.49. The highest BCUT2D eigenvalue weighted by Crippen LogP contribution is 2.25. The van der Waals surface area contributed by atoms with Crippen LogP contribution in [0.15, 0.2) is 29.2 Å². The number of benzene rings is 1. The third-order valence-corrected chi connectivity index (χ3v) is 5.03. The van der Waals surface area contributed by atoms with Crippen LogP contribution in [0.4, 0.5) is 0 Å². The molecule has 1 aromatic rings. The van der Waals surface area contributed by atoms with E-state index in [0.29, 0.717) is 0 Å². The molecule has 1 aromatic carbocycles. The predicted molar refractivity (Wildman–Crippen MR) is 96.6 cm³/mol. The first-order valence-corrected chi connectivity index (χ1v) is 8.87. The number of rotatable bonds is 5. The van der Waals surface area contributed by atoms with E-state index in [0.717, 1.165) is 37.0 Å². The highest BCUT2D eigenvalue weighted by Gasteiger charge is 2.26. The average Bonchev–Trinajstić information content (AvgIpc) is 2.48. The summed E-state index contributed by atoms with van der Waals surface area (Å²) < 4.78 is 0. The number of nitrogens with one attached hydrogen (secondary N) is 1. The second-order valence-electron chi connectivity index (χ2n) is 5.86. The minimum Gasteiger partial charge on any atom is -0.349 e. The molecule has 22 heavy (non-hydrogen) atoms. The van der Waals surface area contributed by atoms with E-state index in [-0.39, 0.29) is 36.3 Å². The van der Waals surface area contributed by atoms with Crippen molar-refractivity contribution >= 4 is 30.1 Å². The van der Waals surface area contributed by atoms with Gasteiger partial charge in [0.1, 0.15) is 0 Å². The molecule has 0 aliphatic heterocycles. The van der Waals surface area contributed by atoms with Crippen LogP contribution in [0.1, 0.15) is 51.1 Å². The Morgan fingerprint density at radius 1 is 1.36 bits per heavy atom. The van der Waals surface area contributed by atoms with Crippen molar-refractivity contribution in [2.75, 3.05) is 5.75 Å². The van der Waals surface area contributed by atoms with Gasteiger partial charge in [0, 0.05) is 16.9 Å². The molecule has 1 saturated carbocycles. The predicted octanol–water partition coefficient (Wildman–Crippen LogP) is 3.92. The lowest BCUT2D eigenvalue weighted by Crippen LogP contribution is -2.38. The maximum atomic E-state index is 12.3. The minimum atomic E-state index is 0. The zero-order valence-electron chi connectivity index (χ0n) is 13.4. The van der Waals surface area contributed by atoms with Crippen LogP contribution in [0.3, 0.4) is 0 Å². The molecule has 3 atom stereocenters. The number of thioether (sulfide) groups is 1. The maximum absolute atomic E-state index is 12.3. The van der Waals surface area contributed by atoms with E-state index < -0.39 is 0 Å². The van der Waals surface area contributed by atoms with Gasteiger partial charge >= 0.3 is 0 Å². The van der Waals surface area contributed by atoms with E-state index in [1.165, 1.54) is 4.90 Å². The molecule has 0 radical (unpaired) electrons. The number of carbonyl (C=O) groups excluding carboxylic acids is 1. The first-order chi connectivity index (χ1) is 10.1. The molecule has 0 spiro atoms. The van der Waals surface area contributed by atoms with Gasteiger partial charge in [-0.25, -0.2) is 0 Å². The van der Waals surface area contributed by atoms with Crippen LogP contribution in [0, 0.1) is 5.92 Å². The van der Waals surface area contributed by atoms with E-state index in [9.17, 15) is 4.79 Å². The van der Waals surface area contributed by atoms with Crippen molar-refractivity contribution in [1.82, 2.24) is 5.32 Å². The van der Waals surface area contributed by atoms with Crippen molar-refractivity contribution in [3.8, 4) is 0 Å². The van der Waals surface area contributed by atoms with Crippen LogP contribution >= 0.6 is 24.2 Å². The Morgan fingerprint density at radius 3 is 2.64 bits per heavy atom. The maximum Gasteiger partial charge on any atom is 0.223 e. The molecule has 1 aliphatic carbocycles. The van der Waals surface area contributed by atoms with Gasteiger partial charge in [-0.15, -0.1) is 24.2 Å². The smallest absolute Gasteiger partial charge is 0.223 e. The second kappa shape index (κ2) is 9.43. The monoisotopic (exact) mass is 342 g/mol. The number of nitrogens with two attached hydrogens (primary N) is 1. The van der Waals surface area contributed by atoms with Crippen LogP contribution in [0.5, 0.6) is 0 Å². The first kappa shape index (κ1) is 19.3. The molecule has 2 rings (SSSR count). The van der Waals surface area contributed by atoms with Crippen molar-refractivity contribution < 1.29 is 4.79 Å². The molecule has 0 aromatic heterocycles. The fourth-order valence-corrected chi connectivity index (χ4v) is 3.56. The molecular formula is C17H27ClN2OS. The first-order valence-electron chi connectivity index (χ1n) is 7.89. The Labute approximate surface area is 144 Å². The van der Waals surface area contributed by atoms with Crippen LogP contribution in [-0.4, -0.2) is 17.7 Å². The summed E-state index contributed by atoms with van der Waals surface area (Å²) in [7, 11) is 0. The molecular weight excluding hydrogens is 316 g/mol. The quantitative estimate of drug-likeness (QED) is 0.797. The van der Waals surface area contributed by atoms with Crippen LogP contribution in [0.25, 0.3) is 0 Å². The summed E-state index contributed by atoms with van der Waals surface area (Å²) in [5.41, 5.74) is 7.12. The fraction of sp³-hybridized carbons (Fsp3) is 0.588. The normalized spacial score (nSPS) is 22.5. The van der Waals surface area contributed by atoms with Gasteiger partial charge in [-0.2, -0.15) is 0 Å². The van der Waals surface area contributed by atoms with Crippen molar-refractivity contribution in [1.29, 1.82) is 0 Å². The van der Waals surface area contributed by atoms with E-state index in [4.69, 9.17) is 5.73 Å². The summed E-state index contributed by atoms with van der Waals surface area (Å²) in [4.78, 5) is 13.6. The summed E-state index contributed by atoms with van der Waals surface area (Å²) in [5, 5.41) is 3.14. The Hall–Kier alpha value is -0.710. The van der Waals surface area contributed by atoms with E-state index >= 15 is 0 Å². The Balaban J connectivity index is 0.00000242. The molecule has 0 heterocycles. The molecule has 1 amide bonds. The van der Waals surface area contributed by atoms with Gasteiger partial charge in [0.15, 0.2) is 0 Å². The molecule has 1 aliphatic rings. The average molecular weight is 343 g/mol. The van der Waals surface area contributed by atoms with Gasteiger partial charge in [-0.05, 0) is 49.6 Å². The van der Waals surface area contributed by atoms with Gasteiger partial charge in [0.05, 0.1) is 6.04 Å². The summed E-state index contributed by atoms with van der Waals surface area (Å²) in [5.74, 6) is 1.32. The van der Waals surface area contributed by atoms with E-state index in [1.54, 1.807) is 0 Å². The molecule has 124 valence electrons. The SMILES string of the molecule is CCSc1ccc(C(C)NC(=O)C2CCCC(N)C2)cc1.Cl. The summed E-state index contributed by atoms with van der Waals surface area (Å²) in [6.07, 6.45) is 3.91. The zero-order chi connectivity index (χ0) is 15.2. The molecule has 0 saturated heterocycles. The van der Waals surface area contributed by atoms with Gasteiger partial charge < -0.3 is 11.1 Å². The largest absolute Gasteiger partial charge is 0.349 e. The van der Waals surface area contributed by atoms with Crippen molar-refractivity contribution in [3.63, 3.8) is 0 Å². The minimum absolute atomic E-state index is 0. The van der Waals surface area contributed by atoms with Crippen molar-refractivity contribution in [3.05, 3.63) is 29.8 Å². The number of hydrogen-bond donors (Lipinski definition) is 2. The number of amides is 1. The molecule has 3 N–H and O–H groups in total. The van der Waals surface area contributed by atoms with Gasteiger partial charge in [-0.1, -0.05) is 25.5 Å². The Kier molecular flexibility index (Phi) is 8.29. The van der Waals surface area contributed by atoms with Gasteiger partial charge in [0.25, 0.3) is 0 Å².